The van der Waals surface area contributed by atoms with E-state index in [-0.39, 0.29) is 17.9 Å². The first-order valence-electron chi connectivity index (χ1n) is 9.50. The second-order valence-electron chi connectivity index (χ2n) is 7.51. The monoisotopic (exact) mass is 420 g/mol. The van der Waals surface area contributed by atoms with Crippen molar-refractivity contribution in [1.29, 1.82) is 0 Å². The molecule has 2 saturated heterocycles. The Kier molecular flexibility index (Phi) is 5.34. The van der Waals surface area contributed by atoms with Crippen LogP contribution in [0.2, 0.25) is 10.0 Å². The van der Waals surface area contributed by atoms with Crippen LogP contribution in [0.5, 0.6) is 0 Å². The number of anilines is 1. The molecular formula is C20H22Cl2N4O2. The molecule has 2 aromatic rings. The van der Waals surface area contributed by atoms with Gasteiger partial charge in [-0.3, -0.25) is 14.3 Å². The zero-order valence-corrected chi connectivity index (χ0v) is 17.2. The molecule has 2 aliphatic heterocycles. The number of aryl methyl sites for hydroxylation is 1. The topological polar surface area (TPSA) is 58.4 Å². The van der Waals surface area contributed by atoms with E-state index in [0.717, 1.165) is 18.4 Å². The zero-order chi connectivity index (χ0) is 19.8. The van der Waals surface area contributed by atoms with Gasteiger partial charge in [0.1, 0.15) is 5.92 Å². The molecule has 4 rings (SSSR count). The van der Waals surface area contributed by atoms with Crippen LogP contribution in [0.1, 0.15) is 30.9 Å². The number of nitrogens with zero attached hydrogens (tertiary/aromatic N) is 4. The van der Waals surface area contributed by atoms with Crippen molar-refractivity contribution in [3.63, 3.8) is 0 Å². The highest BCUT2D eigenvalue weighted by molar-refractivity contribution is 6.42. The van der Waals surface area contributed by atoms with Gasteiger partial charge in [-0.1, -0.05) is 23.2 Å². The summed E-state index contributed by atoms with van der Waals surface area (Å²) in [6.45, 7) is 3.79. The third-order valence-corrected chi connectivity index (χ3v) is 6.27. The first-order valence-corrected chi connectivity index (χ1v) is 10.3. The van der Waals surface area contributed by atoms with Crippen molar-refractivity contribution in [2.24, 2.45) is 5.92 Å². The van der Waals surface area contributed by atoms with Crippen molar-refractivity contribution in [2.75, 3.05) is 24.5 Å². The van der Waals surface area contributed by atoms with Gasteiger partial charge in [0.2, 0.25) is 11.8 Å². The van der Waals surface area contributed by atoms with Crippen molar-refractivity contribution in [3.8, 4) is 0 Å². The Morgan fingerprint density at radius 3 is 2.71 bits per heavy atom. The minimum absolute atomic E-state index is 0.0823. The average Bonchev–Trinajstić information content (AvgIpc) is 3.29. The molecule has 2 atom stereocenters. The van der Waals surface area contributed by atoms with E-state index >= 15 is 0 Å². The second-order valence-corrected chi connectivity index (χ2v) is 8.32. The molecule has 8 heteroatoms. The summed E-state index contributed by atoms with van der Waals surface area (Å²) < 4.78 is 1.94. The third kappa shape index (κ3) is 3.63. The van der Waals surface area contributed by atoms with Gasteiger partial charge in [0, 0.05) is 31.5 Å². The maximum Gasteiger partial charge on any atom is 0.239 e. The molecule has 148 valence electrons. The first kappa shape index (κ1) is 19.3. The number of amides is 2. The van der Waals surface area contributed by atoms with Crippen LogP contribution in [0.25, 0.3) is 0 Å². The molecule has 28 heavy (non-hydrogen) atoms. The van der Waals surface area contributed by atoms with Crippen LogP contribution in [-0.4, -0.2) is 46.1 Å². The highest BCUT2D eigenvalue weighted by Crippen LogP contribution is 2.32. The number of halogens is 2. The largest absolute Gasteiger partial charge is 0.340 e. The van der Waals surface area contributed by atoms with E-state index in [0.29, 0.717) is 41.8 Å². The van der Waals surface area contributed by atoms with E-state index in [1.54, 1.807) is 23.1 Å². The minimum Gasteiger partial charge on any atom is -0.340 e. The summed E-state index contributed by atoms with van der Waals surface area (Å²) >= 11 is 12.1. The molecule has 2 unspecified atom stereocenters. The fraction of sp³-hybridized carbons (Fsp3) is 0.450. The Morgan fingerprint density at radius 2 is 2.00 bits per heavy atom. The van der Waals surface area contributed by atoms with Crippen LogP contribution < -0.4 is 4.90 Å². The quantitative estimate of drug-likeness (QED) is 0.710. The van der Waals surface area contributed by atoms with Crippen molar-refractivity contribution in [1.82, 2.24) is 14.7 Å². The van der Waals surface area contributed by atoms with Gasteiger partial charge in [0.15, 0.2) is 0 Å². The van der Waals surface area contributed by atoms with Crippen LogP contribution in [-0.2, 0) is 9.59 Å². The number of aromatic nitrogens is 2. The number of carbonyl (C=O) groups excluding carboxylic acids is 2. The fourth-order valence-corrected chi connectivity index (χ4v) is 4.33. The van der Waals surface area contributed by atoms with Crippen LogP contribution in [0.3, 0.4) is 0 Å². The predicted octanol–water partition coefficient (Wildman–Crippen LogP) is 3.71. The summed E-state index contributed by atoms with van der Waals surface area (Å²) in [7, 11) is 0. The van der Waals surface area contributed by atoms with E-state index < -0.39 is 5.92 Å². The third-order valence-electron chi connectivity index (χ3n) is 5.53. The van der Waals surface area contributed by atoms with Crippen LogP contribution >= 0.6 is 23.2 Å². The summed E-state index contributed by atoms with van der Waals surface area (Å²) in [5.41, 5.74) is 1.78. The van der Waals surface area contributed by atoms with Gasteiger partial charge in [0.05, 0.1) is 22.3 Å². The lowest BCUT2D eigenvalue weighted by Gasteiger charge is -2.34. The van der Waals surface area contributed by atoms with Crippen molar-refractivity contribution >= 4 is 40.7 Å². The molecule has 0 radical (unpaired) electrons. The normalized spacial score (nSPS) is 22.8. The van der Waals surface area contributed by atoms with Gasteiger partial charge < -0.3 is 9.80 Å². The molecule has 3 heterocycles. The highest BCUT2D eigenvalue weighted by Gasteiger charge is 2.41. The molecule has 0 saturated carbocycles. The number of piperidine rings is 1. The lowest BCUT2D eigenvalue weighted by atomic mass is 10.0. The number of likely N-dealkylation sites (tertiary alicyclic amines) is 1. The molecule has 2 amide bonds. The Bertz CT molecular complexity index is 913. The predicted molar refractivity (Wildman–Crippen MR) is 109 cm³/mol. The second kappa shape index (κ2) is 7.76. The molecule has 1 aromatic carbocycles. The van der Waals surface area contributed by atoms with Crippen LogP contribution in [0.15, 0.2) is 30.6 Å². The molecule has 0 bridgehead atoms. The zero-order valence-electron chi connectivity index (χ0n) is 15.6. The lowest BCUT2D eigenvalue weighted by Crippen LogP contribution is -2.45. The van der Waals surface area contributed by atoms with Gasteiger partial charge in [0.25, 0.3) is 0 Å². The standard InChI is InChI=1S/C20H22Cl2N4O2/c1-13-10-23-26(11-13)15-3-2-7-24(12-15)19(27)16-6-8-25(20(16)28)14-4-5-17(21)18(22)9-14/h4-5,9-11,15-16H,2-3,6-8,12H2,1H3. The maximum atomic E-state index is 13.1. The van der Waals surface area contributed by atoms with Crippen LogP contribution in [0.4, 0.5) is 5.69 Å². The van der Waals surface area contributed by atoms with Gasteiger partial charge in [-0.25, -0.2) is 0 Å². The highest BCUT2D eigenvalue weighted by atomic mass is 35.5. The van der Waals surface area contributed by atoms with E-state index in [1.807, 2.05) is 28.9 Å². The van der Waals surface area contributed by atoms with Gasteiger partial charge >= 0.3 is 0 Å². The van der Waals surface area contributed by atoms with Crippen molar-refractivity contribution < 1.29 is 9.59 Å². The van der Waals surface area contributed by atoms with E-state index in [2.05, 4.69) is 5.10 Å². The Morgan fingerprint density at radius 1 is 1.18 bits per heavy atom. The number of benzene rings is 1. The number of hydrogen-bond acceptors (Lipinski definition) is 3. The van der Waals surface area contributed by atoms with E-state index in [4.69, 9.17) is 23.2 Å². The molecule has 0 N–H and O–H groups in total. The molecule has 0 spiro atoms. The summed E-state index contributed by atoms with van der Waals surface area (Å²) in [5, 5.41) is 5.23. The van der Waals surface area contributed by atoms with Gasteiger partial charge in [-0.05, 0) is 49.9 Å². The molecule has 2 fully saturated rings. The van der Waals surface area contributed by atoms with Gasteiger partial charge in [-0.2, -0.15) is 5.10 Å². The van der Waals surface area contributed by atoms with Crippen molar-refractivity contribution in [3.05, 3.63) is 46.2 Å². The Balaban J connectivity index is 1.46. The van der Waals surface area contributed by atoms with E-state index in [1.165, 1.54) is 0 Å². The van der Waals surface area contributed by atoms with Crippen molar-refractivity contribution in [2.45, 2.75) is 32.2 Å². The smallest absolute Gasteiger partial charge is 0.239 e. The van der Waals surface area contributed by atoms with E-state index in [9.17, 15) is 9.59 Å². The average molecular weight is 421 g/mol. The Labute approximate surface area is 174 Å². The SMILES string of the molecule is Cc1cnn(C2CCCN(C(=O)C3CCN(c4ccc(Cl)c(Cl)c4)C3=O)C2)c1. The molecule has 2 aliphatic rings. The van der Waals surface area contributed by atoms with Crippen LogP contribution in [0, 0.1) is 12.8 Å². The molecular weight excluding hydrogens is 399 g/mol. The molecule has 0 aliphatic carbocycles. The summed E-state index contributed by atoms with van der Waals surface area (Å²) in [5.74, 6) is -0.880. The summed E-state index contributed by atoms with van der Waals surface area (Å²) in [6, 6.07) is 5.26. The number of carbonyl (C=O) groups is 2. The maximum absolute atomic E-state index is 13.1. The molecule has 6 nitrogen and oxygen atoms in total. The summed E-state index contributed by atoms with van der Waals surface area (Å²) in [6.07, 6.45) is 6.24. The summed E-state index contributed by atoms with van der Waals surface area (Å²) in [4.78, 5) is 29.5. The Hall–Kier alpha value is -2.05. The molecule has 1 aromatic heterocycles. The first-order chi connectivity index (χ1) is 13.4. The number of rotatable bonds is 3. The fourth-order valence-electron chi connectivity index (χ4n) is 4.04. The van der Waals surface area contributed by atoms with Gasteiger partial charge in [-0.15, -0.1) is 0 Å². The number of hydrogen-bond donors (Lipinski definition) is 0. The lowest BCUT2D eigenvalue weighted by molar-refractivity contribution is -0.141. The minimum atomic E-state index is -0.632.